The van der Waals surface area contributed by atoms with Crippen molar-refractivity contribution in [1.29, 1.82) is 0 Å². The average molecular weight is 484 g/mol. The lowest BCUT2D eigenvalue weighted by molar-refractivity contribution is -0.144. The van der Waals surface area contributed by atoms with E-state index in [1.807, 2.05) is 6.92 Å². The summed E-state index contributed by atoms with van der Waals surface area (Å²) in [6.45, 7) is 3.52. The van der Waals surface area contributed by atoms with Crippen LogP contribution in [0.5, 0.6) is 17.2 Å². The molecule has 0 unspecified atom stereocenters. The number of hydrogen-bond donors (Lipinski definition) is 1. The first-order valence-corrected chi connectivity index (χ1v) is 11.1. The number of rotatable bonds is 8. The van der Waals surface area contributed by atoms with E-state index >= 15 is 0 Å². The smallest absolute Gasteiger partial charge is 0.270 e. The first-order chi connectivity index (χ1) is 16.7. The second-order valence-electron chi connectivity index (χ2n) is 8.01. The van der Waals surface area contributed by atoms with Gasteiger partial charge in [0.25, 0.3) is 11.8 Å². The van der Waals surface area contributed by atoms with Gasteiger partial charge in [-0.25, -0.2) is 9.91 Å². The number of ether oxygens (including phenoxy) is 3. The molecule has 1 heterocycles. The van der Waals surface area contributed by atoms with Crippen molar-refractivity contribution >= 4 is 29.3 Å². The molecule has 2 aromatic carbocycles. The average Bonchev–Trinajstić information content (AvgIpc) is 3.18. The van der Waals surface area contributed by atoms with Crippen LogP contribution in [0.15, 0.2) is 42.5 Å². The fourth-order valence-electron chi connectivity index (χ4n) is 3.67. The van der Waals surface area contributed by atoms with Crippen LogP contribution in [-0.4, -0.2) is 56.0 Å². The number of methoxy groups -OCH3 is 3. The molecule has 3 rings (SSSR count). The molecule has 0 bridgehead atoms. The van der Waals surface area contributed by atoms with Crippen molar-refractivity contribution in [3.05, 3.63) is 48.0 Å². The maximum absolute atomic E-state index is 13.3. The third-order valence-electron chi connectivity index (χ3n) is 5.90. The molecule has 1 aliphatic rings. The molecular weight excluding hydrogens is 454 g/mol. The number of nitrogens with zero attached hydrogens (tertiary/aromatic N) is 2. The summed E-state index contributed by atoms with van der Waals surface area (Å²) < 4.78 is 15.6. The van der Waals surface area contributed by atoms with Crippen molar-refractivity contribution in [2.75, 3.05) is 26.2 Å². The second kappa shape index (κ2) is 10.9. The number of anilines is 1. The molecule has 10 heteroatoms. The highest BCUT2D eigenvalue weighted by molar-refractivity contribution is 6.23. The Morgan fingerprint density at radius 1 is 1.03 bits per heavy atom. The maximum Gasteiger partial charge on any atom is 0.270 e. The number of hydrazine groups is 1. The Kier molecular flexibility index (Phi) is 7.95. The van der Waals surface area contributed by atoms with Crippen molar-refractivity contribution < 1.29 is 33.4 Å². The van der Waals surface area contributed by atoms with Gasteiger partial charge in [0.1, 0.15) is 11.8 Å². The summed E-state index contributed by atoms with van der Waals surface area (Å²) in [5, 5.41) is 0.983. The predicted octanol–water partition coefficient (Wildman–Crippen LogP) is 2.56. The second-order valence-corrected chi connectivity index (χ2v) is 8.01. The van der Waals surface area contributed by atoms with Gasteiger partial charge in [-0.15, -0.1) is 0 Å². The van der Waals surface area contributed by atoms with Gasteiger partial charge >= 0.3 is 0 Å². The molecule has 0 radical (unpaired) electrons. The van der Waals surface area contributed by atoms with Crippen LogP contribution < -0.4 is 24.5 Å². The predicted molar refractivity (Wildman–Crippen MR) is 127 cm³/mol. The van der Waals surface area contributed by atoms with E-state index in [9.17, 15) is 19.2 Å². The molecule has 10 nitrogen and oxygen atoms in total. The third kappa shape index (κ3) is 5.21. The number of carbonyl (C=O) groups excluding carboxylic acids is 4. The van der Waals surface area contributed by atoms with Crippen molar-refractivity contribution in [1.82, 2.24) is 10.4 Å². The highest BCUT2D eigenvalue weighted by Gasteiger charge is 2.46. The number of benzene rings is 2. The van der Waals surface area contributed by atoms with Gasteiger partial charge in [0, 0.05) is 11.5 Å². The van der Waals surface area contributed by atoms with Gasteiger partial charge in [-0.1, -0.05) is 13.8 Å². The lowest BCUT2D eigenvalue weighted by Gasteiger charge is -2.30. The van der Waals surface area contributed by atoms with E-state index in [1.165, 1.54) is 33.5 Å². The van der Waals surface area contributed by atoms with Crippen LogP contribution in [0.4, 0.5) is 5.69 Å². The zero-order chi connectivity index (χ0) is 25.7. The third-order valence-corrected chi connectivity index (χ3v) is 5.90. The molecule has 1 aliphatic heterocycles. The van der Waals surface area contributed by atoms with Gasteiger partial charge in [-0.2, -0.15) is 0 Å². The zero-order valence-electron chi connectivity index (χ0n) is 20.4. The molecule has 2 atom stereocenters. The monoisotopic (exact) mass is 483 g/mol. The van der Waals surface area contributed by atoms with Crippen LogP contribution in [0.3, 0.4) is 0 Å². The number of nitrogens with one attached hydrogen (secondary N) is 1. The van der Waals surface area contributed by atoms with Crippen LogP contribution in [0.1, 0.15) is 37.0 Å². The molecule has 0 spiro atoms. The molecule has 35 heavy (non-hydrogen) atoms. The van der Waals surface area contributed by atoms with Crippen molar-refractivity contribution in [3.63, 3.8) is 0 Å². The van der Waals surface area contributed by atoms with Gasteiger partial charge in [0.2, 0.25) is 11.8 Å². The first-order valence-electron chi connectivity index (χ1n) is 11.1. The number of carbonyl (C=O) groups is 4. The van der Waals surface area contributed by atoms with Gasteiger partial charge in [0.05, 0.1) is 33.4 Å². The Bertz CT molecular complexity index is 1120. The van der Waals surface area contributed by atoms with E-state index in [0.717, 1.165) is 9.91 Å². The zero-order valence-corrected chi connectivity index (χ0v) is 20.4. The summed E-state index contributed by atoms with van der Waals surface area (Å²) in [5.74, 6) is -1.34. The standard InChI is InChI=1S/C25H29N3O7/c1-6-15(2)24(31)28(26-23(30)16-7-12-20(34-4)21(13-16)35-5)19-14-22(29)27(25(19)32)17-8-10-18(33-3)11-9-17/h7-13,15,19H,6,14H2,1-5H3,(H,26,30)/t15-,19+/m0/s1. The van der Waals surface area contributed by atoms with Crippen LogP contribution in [0.25, 0.3) is 0 Å². The minimum Gasteiger partial charge on any atom is -0.497 e. The van der Waals surface area contributed by atoms with E-state index in [2.05, 4.69) is 5.43 Å². The summed E-state index contributed by atoms with van der Waals surface area (Å²) in [6.07, 6.45) is 0.220. The van der Waals surface area contributed by atoms with Crippen LogP contribution in [-0.2, 0) is 14.4 Å². The lowest BCUT2D eigenvalue weighted by atomic mass is 10.1. The van der Waals surface area contributed by atoms with Crippen LogP contribution >= 0.6 is 0 Å². The highest BCUT2D eigenvalue weighted by atomic mass is 16.5. The summed E-state index contributed by atoms with van der Waals surface area (Å²) in [6, 6.07) is 9.77. The number of imide groups is 1. The Labute approximate surface area is 203 Å². The quantitative estimate of drug-likeness (QED) is 0.453. The largest absolute Gasteiger partial charge is 0.497 e. The minimum absolute atomic E-state index is 0.188. The fourth-order valence-corrected chi connectivity index (χ4v) is 3.67. The number of hydrogen-bond acceptors (Lipinski definition) is 7. The normalized spacial score (nSPS) is 16.0. The molecule has 0 saturated carbocycles. The molecule has 0 aromatic heterocycles. The molecule has 0 aliphatic carbocycles. The van der Waals surface area contributed by atoms with E-state index < -0.39 is 35.6 Å². The molecule has 1 N–H and O–H groups in total. The molecule has 2 aromatic rings. The van der Waals surface area contributed by atoms with E-state index in [0.29, 0.717) is 29.4 Å². The Balaban J connectivity index is 1.91. The summed E-state index contributed by atoms with van der Waals surface area (Å²) in [7, 11) is 4.42. The topological polar surface area (TPSA) is 114 Å². The van der Waals surface area contributed by atoms with Gasteiger partial charge in [-0.3, -0.25) is 24.6 Å². The van der Waals surface area contributed by atoms with Gasteiger partial charge < -0.3 is 14.2 Å². The summed E-state index contributed by atoms with van der Waals surface area (Å²) in [4.78, 5) is 53.4. The van der Waals surface area contributed by atoms with E-state index in [1.54, 1.807) is 37.3 Å². The Morgan fingerprint density at radius 3 is 2.26 bits per heavy atom. The maximum atomic E-state index is 13.3. The van der Waals surface area contributed by atoms with Gasteiger partial charge in [0.15, 0.2) is 11.5 Å². The summed E-state index contributed by atoms with van der Waals surface area (Å²) in [5.41, 5.74) is 3.09. The van der Waals surface area contributed by atoms with Gasteiger partial charge in [-0.05, 0) is 48.9 Å². The highest BCUT2D eigenvalue weighted by Crippen LogP contribution is 2.29. The lowest BCUT2D eigenvalue weighted by Crippen LogP contribution is -2.56. The minimum atomic E-state index is -1.19. The molecule has 1 saturated heterocycles. The molecule has 1 fully saturated rings. The van der Waals surface area contributed by atoms with Crippen LogP contribution in [0.2, 0.25) is 0 Å². The van der Waals surface area contributed by atoms with Crippen molar-refractivity contribution in [2.45, 2.75) is 32.7 Å². The first kappa shape index (κ1) is 25.5. The summed E-state index contributed by atoms with van der Waals surface area (Å²) >= 11 is 0. The SMILES string of the molecule is CC[C@H](C)C(=O)N(NC(=O)c1ccc(OC)c(OC)c1)[C@@H]1CC(=O)N(c2ccc(OC)cc2)C1=O. The van der Waals surface area contributed by atoms with Crippen molar-refractivity contribution in [2.24, 2.45) is 5.92 Å². The number of amides is 4. The van der Waals surface area contributed by atoms with Crippen molar-refractivity contribution in [3.8, 4) is 17.2 Å². The van der Waals surface area contributed by atoms with E-state index in [4.69, 9.17) is 14.2 Å². The van der Waals surface area contributed by atoms with E-state index in [-0.39, 0.29) is 12.0 Å². The molecule has 186 valence electrons. The fraction of sp³-hybridized carbons (Fsp3) is 0.360. The molecular formula is C25H29N3O7. The Hall–Kier alpha value is -4.08. The molecule has 4 amide bonds. The van der Waals surface area contributed by atoms with Crippen LogP contribution in [0, 0.1) is 5.92 Å². The Morgan fingerprint density at radius 2 is 1.69 bits per heavy atom.